The molecular weight excluding hydrogens is 360 g/mol. The van der Waals surface area contributed by atoms with Gasteiger partial charge in [-0.05, 0) is 54.2 Å². The highest BCUT2D eigenvalue weighted by atomic mass is 16.5. The normalized spacial score (nSPS) is 13.4. The first kappa shape index (κ1) is 24.5. The Bertz CT molecular complexity index is 777. The van der Waals surface area contributed by atoms with Crippen molar-refractivity contribution < 1.29 is 14.3 Å². The number of rotatable bonds is 6. The Morgan fingerprint density at radius 2 is 1.59 bits per heavy atom. The van der Waals surface area contributed by atoms with E-state index in [0.29, 0.717) is 13.0 Å². The van der Waals surface area contributed by atoms with E-state index < -0.39 is 0 Å². The van der Waals surface area contributed by atoms with E-state index in [1.807, 2.05) is 40.7 Å². The molecule has 3 nitrogen and oxygen atoms in total. The molecule has 0 bridgehead atoms. The summed E-state index contributed by atoms with van der Waals surface area (Å²) in [4.78, 5) is 11.7. The molecule has 0 aliphatic heterocycles. The standard InChI is InChI=1S/C22H24O3.2C2H6/c1-3-25-22(23)10-6-9-20-19-8-5-4-7-16(19)11-12-17-13-14-18(24-2)15-21(17)20;2*1-2/h4-5,7-8,11-15,20H,3,6,9-10H2,1-2H3;2*1-2H3. The fourth-order valence-corrected chi connectivity index (χ4v) is 3.46. The summed E-state index contributed by atoms with van der Waals surface area (Å²) in [5, 5.41) is 0. The highest BCUT2D eigenvalue weighted by Crippen LogP contribution is 2.39. The van der Waals surface area contributed by atoms with Crippen molar-refractivity contribution >= 4 is 18.1 Å². The minimum absolute atomic E-state index is 0.117. The summed E-state index contributed by atoms with van der Waals surface area (Å²) in [6, 6.07) is 14.7. The summed E-state index contributed by atoms with van der Waals surface area (Å²) in [5.41, 5.74) is 5.00. The molecule has 1 unspecified atom stereocenters. The van der Waals surface area contributed by atoms with Gasteiger partial charge in [-0.1, -0.05) is 70.2 Å². The predicted molar refractivity (Wildman–Crippen MR) is 123 cm³/mol. The lowest BCUT2D eigenvalue weighted by atomic mass is 9.84. The summed E-state index contributed by atoms with van der Waals surface area (Å²) in [6.07, 6.45) is 6.50. The maximum Gasteiger partial charge on any atom is 0.305 e. The molecule has 0 amide bonds. The molecule has 0 fully saturated rings. The van der Waals surface area contributed by atoms with Crippen molar-refractivity contribution in [1.29, 1.82) is 0 Å². The van der Waals surface area contributed by atoms with Gasteiger partial charge >= 0.3 is 5.97 Å². The topological polar surface area (TPSA) is 35.5 Å². The van der Waals surface area contributed by atoms with Crippen molar-refractivity contribution in [3.8, 4) is 5.75 Å². The van der Waals surface area contributed by atoms with Crippen LogP contribution in [0.3, 0.4) is 0 Å². The Labute approximate surface area is 176 Å². The zero-order valence-corrected chi connectivity index (χ0v) is 18.8. The maximum atomic E-state index is 11.7. The Balaban J connectivity index is 0.000000989. The summed E-state index contributed by atoms with van der Waals surface area (Å²) in [5.74, 6) is 0.987. The average Bonchev–Trinajstić information content (AvgIpc) is 2.93. The van der Waals surface area contributed by atoms with E-state index in [4.69, 9.17) is 9.47 Å². The molecule has 0 heterocycles. The molecule has 2 aromatic carbocycles. The van der Waals surface area contributed by atoms with Gasteiger partial charge in [0, 0.05) is 12.3 Å². The second-order valence-electron chi connectivity index (χ2n) is 6.21. The molecule has 2 aromatic rings. The lowest BCUT2D eigenvalue weighted by Gasteiger charge is -2.21. The van der Waals surface area contributed by atoms with Crippen LogP contribution in [0.1, 0.15) is 82.1 Å². The van der Waals surface area contributed by atoms with Gasteiger partial charge in [-0.3, -0.25) is 4.79 Å². The quantitative estimate of drug-likeness (QED) is 0.489. The number of methoxy groups -OCH3 is 1. The average molecular weight is 397 g/mol. The van der Waals surface area contributed by atoms with E-state index in [9.17, 15) is 4.79 Å². The van der Waals surface area contributed by atoms with Crippen LogP contribution in [-0.4, -0.2) is 19.7 Å². The summed E-state index contributed by atoms with van der Waals surface area (Å²) in [7, 11) is 1.69. The third kappa shape index (κ3) is 6.77. The molecule has 158 valence electrons. The van der Waals surface area contributed by atoms with Crippen molar-refractivity contribution in [1.82, 2.24) is 0 Å². The van der Waals surface area contributed by atoms with Gasteiger partial charge in [-0.2, -0.15) is 0 Å². The molecule has 1 atom stereocenters. The largest absolute Gasteiger partial charge is 0.497 e. The van der Waals surface area contributed by atoms with E-state index in [1.165, 1.54) is 22.3 Å². The fourth-order valence-electron chi connectivity index (χ4n) is 3.46. The third-order valence-corrected chi connectivity index (χ3v) is 4.66. The second kappa shape index (κ2) is 13.6. The number of benzene rings is 2. The molecule has 3 rings (SSSR count). The molecule has 0 saturated heterocycles. The number of hydrogen-bond donors (Lipinski definition) is 0. The Morgan fingerprint density at radius 1 is 0.931 bits per heavy atom. The van der Waals surface area contributed by atoms with E-state index in [-0.39, 0.29) is 11.9 Å². The van der Waals surface area contributed by atoms with Crippen molar-refractivity contribution in [3.63, 3.8) is 0 Å². The highest BCUT2D eigenvalue weighted by molar-refractivity contribution is 5.77. The predicted octanol–water partition coefficient (Wildman–Crippen LogP) is 7.10. The summed E-state index contributed by atoms with van der Waals surface area (Å²) in [6.45, 7) is 10.3. The number of carbonyl (C=O) groups excluding carboxylic acids is 1. The highest BCUT2D eigenvalue weighted by Gasteiger charge is 2.22. The van der Waals surface area contributed by atoms with Gasteiger partial charge in [-0.25, -0.2) is 0 Å². The minimum atomic E-state index is -0.117. The van der Waals surface area contributed by atoms with E-state index >= 15 is 0 Å². The molecule has 0 aromatic heterocycles. The smallest absolute Gasteiger partial charge is 0.305 e. The first-order valence-corrected chi connectivity index (χ1v) is 10.8. The Kier molecular flexibility index (Phi) is 11.5. The van der Waals surface area contributed by atoms with Crippen LogP contribution in [0.25, 0.3) is 12.2 Å². The van der Waals surface area contributed by atoms with Crippen LogP contribution in [0.5, 0.6) is 5.75 Å². The van der Waals surface area contributed by atoms with E-state index in [2.05, 4.69) is 48.6 Å². The molecule has 1 aliphatic rings. The molecular formula is C26H36O3. The van der Waals surface area contributed by atoms with Gasteiger partial charge < -0.3 is 9.47 Å². The Morgan fingerprint density at radius 3 is 2.24 bits per heavy atom. The molecule has 29 heavy (non-hydrogen) atoms. The lowest BCUT2D eigenvalue weighted by molar-refractivity contribution is -0.143. The zero-order chi connectivity index (χ0) is 21.6. The van der Waals surface area contributed by atoms with Crippen LogP contribution in [0.2, 0.25) is 0 Å². The van der Waals surface area contributed by atoms with Gasteiger partial charge in [0.25, 0.3) is 0 Å². The van der Waals surface area contributed by atoms with Crippen LogP contribution >= 0.6 is 0 Å². The van der Waals surface area contributed by atoms with E-state index in [0.717, 1.165) is 18.6 Å². The van der Waals surface area contributed by atoms with Gasteiger partial charge in [0.15, 0.2) is 0 Å². The summed E-state index contributed by atoms with van der Waals surface area (Å²) < 4.78 is 10.5. The third-order valence-electron chi connectivity index (χ3n) is 4.66. The van der Waals surface area contributed by atoms with Crippen molar-refractivity contribution in [2.45, 2.75) is 59.8 Å². The summed E-state index contributed by atoms with van der Waals surface area (Å²) >= 11 is 0. The first-order chi connectivity index (χ1) is 14.2. The lowest BCUT2D eigenvalue weighted by Crippen LogP contribution is -2.08. The van der Waals surface area contributed by atoms with Crippen molar-refractivity contribution in [2.24, 2.45) is 0 Å². The minimum Gasteiger partial charge on any atom is -0.497 e. The fraction of sp³-hybridized carbons (Fsp3) is 0.423. The van der Waals surface area contributed by atoms with Gasteiger partial charge in [0.2, 0.25) is 0 Å². The number of esters is 1. The van der Waals surface area contributed by atoms with Gasteiger partial charge in [-0.15, -0.1) is 0 Å². The van der Waals surface area contributed by atoms with Crippen LogP contribution < -0.4 is 4.74 Å². The zero-order valence-electron chi connectivity index (χ0n) is 18.8. The van der Waals surface area contributed by atoms with E-state index in [1.54, 1.807) is 7.11 Å². The SMILES string of the molecule is CC.CC.CCOC(=O)CCCC1c2ccccc2C=Cc2ccc(OC)cc21. The van der Waals surface area contributed by atoms with Crippen LogP contribution in [0, 0.1) is 0 Å². The number of fused-ring (bicyclic) bond motifs is 2. The molecule has 1 aliphatic carbocycles. The van der Waals surface area contributed by atoms with Crippen LogP contribution in [-0.2, 0) is 9.53 Å². The maximum absolute atomic E-state index is 11.7. The van der Waals surface area contributed by atoms with Gasteiger partial charge in [0.1, 0.15) is 5.75 Å². The first-order valence-electron chi connectivity index (χ1n) is 10.8. The monoisotopic (exact) mass is 396 g/mol. The van der Waals surface area contributed by atoms with Crippen LogP contribution in [0.4, 0.5) is 0 Å². The van der Waals surface area contributed by atoms with Crippen molar-refractivity contribution in [2.75, 3.05) is 13.7 Å². The molecule has 0 radical (unpaired) electrons. The molecule has 0 spiro atoms. The molecule has 0 N–H and O–H groups in total. The van der Waals surface area contributed by atoms with Crippen molar-refractivity contribution in [3.05, 3.63) is 64.7 Å². The Hall–Kier alpha value is -2.55. The molecule has 0 saturated carbocycles. The van der Waals surface area contributed by atoms with Gasteiger partial charge in [0.05, 0.1) is 13.7 Å². The molecule has 3 heteroatoms. The number of carbonyl (C=O) groups is 1. The number of ether oxygens (including phenoxy) is 2. The van der Waals surface area contributed by atoms with Crippen LogP contribution in [0.15, 0.2) is 42.5 Å². The second-order valence-corrected chi connectivity index (χ2v) is 6.21. The number of hydrogen-bond acceptors (Lipinski definition) is 3.